The Morgan fingerprint density at radius 3 is 1.76 bits per heavy atom. The molecule has 0 bridgehead atoms. The van der Waals surface area contributed by atoms with Gasteiger partial charge in [0.1, 0.15) is 33.4 Å². The number of phenolic OH excluding ortho intramolecular Hbond substituents is 2. The number of hydrogen-bond donors (Lipinski definition) is 4. The number of anilines is 1. The zero-order valence-corrected chi connectivity index (χ0v) is 26.6. The van der Waals surface area contributed by atoms with E-state index < -0.39 is 40.4 Å². The monoisotopic (exact) mass is 675 g/mol. The second-order valence-corrected chi connectivity index (χ2v) is 15.4. The topological polar surface area (TPSA) is 225 Å². The van der Waals surface area contributed by atoms with Crippen LogP contribution in [0.5, 0.6) is 11.5 Å². The Labute approximate surface area is 259 Å². The Kier molecular flexibility index (Phi) is 9.57. The zero-order valence-electron chi connectivity index (χ0n) is 24.2. The molecule has 0 fully saturated rings. The SMILES string of the molecule is CCNc1ccc2c(O)c(N=Nc3ccc(S(=O)(=O)CC)cc3O)ccc2c1N=Nc1ccc(S(=O)(=O)CC)cc1S(=O)(=O)O. The summed E-state index contributed by atoms with van der Waals surface area (Å²) in [4.78, 5) is -1.13. The first kappa shape index (κ1) is 33.4. The molecule has 0 atom stereocenters. The molecule has 0 saturated carbocycles. The summed E-state index contributed by atoms with van der Waals surface area (Å²) in [5, 5.41) is 41.2. The molecule has 238 valence electrons. The lowest BCUT2D eigenvalue weighted by molar-refractivity contribution is 0.473. The number of rotatable bonds is 11. The predicted molar refractivity (Wildman–Crippen MR) is 168 cm³/mol. The van der Waals surface area contributed by atoms with Gasteiger partial charge < -0.3 is 15.5 Å². The minimum atomic E-state index is -4.89. The Hall–Kier alpha value is -4.45. The summed E-state index contributed by atoms with van der Waals surface area (Å²) in [6.07, 6.45) is 0. The maximum Gasteiger partial charge on any atom is 0.296 e. The van der Waals surface area contributed by atoms with Gasteiger partial charge in [0.2, 0.25) is 0 Å². The summed E-state index contributed by atoms with van der Waals surface area (Å²) < 4.78 is 82.7. The van der Waals surface area contributed by atoms with Gasteiger partial charge in [-0.05, 0) is 61.5 Å². The number of nitrogens with one attached hydrogen (secondary N) is 1. The summed E-state index contributed by atoms with van der Waals surface area (Å²) in [7, 11) is -12.2. The molecule has 0 aliphatic rings. The smallest absolute Gasteiger partial charge is 0.296 e. The van der Waals surface area contributed by atoms with Crippen LogP contribution in [0.4, 0.5) is 28.4 Å². The van der Waals surface area contributed by atoms with Gasteiger partial charge in [-0.1, -0.05) is 13.8 Å². The largest absolute Gasteiger partial charge is 0.506 e. The fraction of sp³-hybridized carbons (Fsp3) is 0.214. The molecular weight excluding hydrogens is 647 g/mol. The van der Waals surface area contributed by atoms with E-state index in [1.165, 1.54) is 32.0 Å². The molecule has 0 aromatic heterocycles. The maximum absolute atomic E-state index is 12.3. The Bertz CT molecular complexity index is 2180. The first-order chi connectivity index (χ1) is 21.1. The molecule has 14 nitrogen and oxygen atoms in total. The van der Waals surface area contributed by atoms with Crippen molar-refractivity contribution in [2.45, 2.75) is 35.5 Å². The van der Waals surface area contributed by atoms with E-state index in [4.69, 9.17) is 0 Å². The highest BCUT2D eigenvalue weighted by molar-refractivity contribution is 7.91. The van der Waals surface area contributed by atoms with Crippen LogP contribution in [0, 0.1) is 0 Å². The standard InChI is InChI=1S/C28H29N5O9S3/c1-4-29-23-13-10-20-19(27(23)33-31-22-12-8-18(44(38,39)6-3)16-26(22)45(40,41)42)9-14-24(28(20)35)32-30-21-11-7-17(15-25(21)34)43(36,37)5-2/h7-16,29,34-35H,4-6H2,1-3H3,(H,40,41,42). The highest BCUT2D eigenvalue weighted by Gasteiger charge is 2.22. The number of benzene rings is 4. The maximum atomic E-state index is 12.3. The number of sulfone groups is 2. The van der Waals surface area contributed by atoms with E-state index in [-0.39, 0.29) is 55.2 Å². The summed E-state index contributed by atoms with van der Waals surface area (Å²) in [6, 6.07) is 12.9. The van der Waals surface area contributed by atoms with E-state index in [1.807, 2.05) is 6.92 Å². The molecule has 0 unspecified atom stereocenters. The average molecular weight is 676 g/mol. The van der Waals surface area contributed by atoms with Gasteiger partial charge in [0, 0.05) is 23.4 Å². The lowest BCUT2D eigenvalue weighted by Crippen LogP contribution is -2.06. The second kappa shape index (κ2) is 12.9. The summed E-state index contributed by atoms with van der Waals surface area (Å²) in [6.45, 7) is 5.17. The van der Waals surface area contributed by atoms with Crippen LogP contribution in [0.15, 0.2) is 95.8 Å². The molecule has 4 aromatic carbocycles. The molecule has 0 aliphatic carbocycles. The van der Waals surface area contributed by atoms with Crippen LogP contribution in [0.1, 0.15) is 20.8 Å². The van der Waals surface area contributed by atoms with E-state index in [0.717, 1.165) is 24.3 Å². The van der Waals surface area contributed by atoms with E-state index >= 15 is 0 Å². The lowest BCUT2D eigenvalue weighted by Gasteiger charge is -2.12. The van der Waals surface area contributed by atoms with Crippen molar-refractivity contribution in [2.75, 3.05) is 23.4 Å². The summed E-state index contributed by atoms with van der Waals surface area (Å²) in [5.74, 6) is -1.17. The van der Waals surface area contributed by atoms with Gasteiger partial charge in [-0.25, -0.2) is 16.8 Å². The van der Waals surface area contributed by atoms with Crippen molar-refractivity contribution < 1.29 is 40.0 Å². The summed E-state index contributed by atoms with van der Waals surface area (Å²) in [5.41, 5.74) is 0.305. The number of aromatic hydroxyl groups is 2. The van der Waals surface area contributed by atoms with Crippen LogP contribution in [0.25, 0.3) is 10.8 Å². The van der Waals surface area contributed by atoms with Crippen LogP contribution in [-0.2, 0) is 29.8 Å². The number of nitrogens with zero attached hydrogens (tertiary/aromatic N) is 4. The van der Waals surface area contributed by atoms with Crippen molar-refractivity contribution in [3.63, 3.8) is 0 Å². The highest BCUT2D eigenvalue weighted by Crippen LogP contribution is 2.43. The molecule has 0 spiro atoms. The van der Waals surface area contributed by atoms with Crippen molar-refractivity contribution in [3.05, 3.63) is 60.7 Å². The number of fused-ring (bicyclic) bond motifs is 1. The highest BCUT2D eigenvalue weighted by atomic mass is 32.2. The third-order valence-corrected chi connectivity index (χ3v) is 11.0. The fourth-order valence-corrected chi connectivity index (χ4v) is 6.72. The van der Waals surface area contributed by atoms with E-state index in [0.29, 0.717) is 17.6 Å². The Morgan fingerprint density at radius 2 is 1.18 bits per heavy atom. The third kappa shape index (κ3) is 7.11. The van der Waals surface area contributed by atoms with Crippen LogP contribution < -0.4 is 5.32 Å². The zero-order chi connectivity index (χ0) is 33.2. The van der Waals surface area contributed by atoms with Gasteiger partial charge in [0.25, 0.3) is 10.1 Å². The predicted octanol–water partition coefficient (Wildman–Crippen LogP) is 6.35. The van der Waals surface area contributed by atoms with Gasteiger partial charge in [-0.2, -0.15) is 8.42 Å². The Balaban J connectivity index is 1.79. The summed E-state index contributed by atoms with van der Waals surface area (Å²) >= 11 is 0. The molecule has 0 aliphatic heterocycles. The second-order valence-electron chi connectivity index (χ2n) is 9.48. The molecule has 17 heteroatoms. The average Bonchev–Trinajstić information content (AvgIpc) is 3.00. The molecule has 0 heterocycles. The normalized spacial score (nSPS) is 12.8. The van der Waals surface area contributed by atoms with E-state index in [1.54, 1.807) is 18.2 Å². The minimum absolute atomic E-state index is 0.00706. The molecule has 45 heavy (non-hydrogen) atoms. The molecule has 4 aromatic rings. The van der Waals surface area contributed by atoms with Gasteiger partial charge in [0.05, 0.1) is 27.0 Å². The van der Waals surface area contributed by atoms with E-state index in [2.05, 4.69) is 25.8 Å². The number of azo groups is 2. The van der Waals surface area contributed by atoms with Crippen molar-refractivity contribution >= 4 is 69.0 Å². The van der Waals surface area contributed by atoms with Gasteiger partial charge in [-0.15, -0.1) is 20.5 Å². The van der Waals surface area contributed by atoms with Crippen molar-refractivity contribution in [3.8, 4) is 11.5 Å². The van der Waals surface area contributed by atoms with Crippen LogP contribution in [0.3, 0.4) is 0 Å². The first-order valence-electron chi connectivity index (χ1n) is 13.4. The van der Waals surface area contributed by atoms with Gasteiger partial charge >= 0.3 is 0 Å². The van der Waals surface area contributed by atoms with Crippen LogP contribution in [-0.4, -0.2) is 58.1 Å². The molecule has 4 rings (SSSR count). The van der Waals surface area contributed by atoms with Crippen molar-refractivity contribution in [2.24, 2.45) is 20.5 Å². The fourth-order valence-electron chi connectivity index (χ4n) is 4.19. The van der Waals surface area contributed by atoms with E-state index in [9.17, 15) is 40.0 Å². The van der Waals surface area contributed by atoms with Gasteiger partial charge in [0.15, 0.2) is 25.4 Å². The van der Waals surface area contributed by atoms with Crippen LogP contribution in [0.2, 0.25) is 0 Å². The lowest BCUT2D eigenvalue weighted by atomic mass is 10.1. The number of phenols is 2. The van der Waals surface area contributed by atoms with Crippen LogP contribution >= 0.6 is 0 Å². The molecule has 4 N–H and O–H groups in total. The third-order valence-electron chi connectivity index (χ3n) is 6.65. The van der Waals surface area contributed by atoms with Crippen molar-refractivity contribution in [1.29, 1.82) is 0 Å². The molecule has 0 radical (unpaired) electrons. The first-order valence-corrected chi connectivity index (χ1v) is 18.1. The quantitative estimate of drug-likeness (QED) is 0.102. The molecular formula is C28H29N5O9S3. The Morgan fingerprint density at radius 1 is 0.644 bits per heavy atom. The van der Waals surface area contributed by atoms with Crippen molar-refractivity contribution in [1.82, 2.24) is 0 Å². The van der Waals surface area contributed by atoms with Gasteiger partial charge in [-0.3, -0.25) is 4.55 Å². The minimum Gasteiger partial charge on any atom is -0.506 e. The molecule has 0 saturated heterocycles. The molecule has 0 amide bonds. The number of hydrogen-bond acceptors (Lipinski definition) is 13.